The number of hydrogen-bond donors (Lipinski definition) is 1. The minimum Gasteiger partial charge on any atom is -0.399 e. The SMILES string of the molecule is CCCC(=O)N(CCC)Cc1ccc(N)cc1. The lowest BCUT2D eigenvalue weighted by molar-refractivity contribution is -0.131. The van der Waals surface area contributed by atoms with E-state index in [0.29, 0.717) is 13.0 Å². The fourth-order valence-electron chi connectivity index (χ4n) is 1.78. The van der Waals surface area contributed by atoms with E-state index in [9.17, 15) is 4.79 Å². The second-order valence-electron chi connectivity index (χ2n) is 4.31. The molecule has 0 fully saturated rings. The maximum atomic E-state index is 11.9. The van der Waals surface area contributed by atoms with Gasteiger partial charge >= 0.3 is 0 Å². The lowest BCUT2D eigenvalue weighted by Gasteiger charge is -2.22. The number of nitrogens with two attached hydrogens (primary N) is 1. The first-order valence-corrected chi connectivity index (χ1v) is 6.29. The smallest absolute Gasteiger partial charge is 0.222 e. The molecule has 0 aliphatic heterocycles. The molecule has 1 amide bonds. The van der Waals surface area contributed by atoms with E-state index < -0.39 is 0 Å². The molecule has 1 aromatic rings. The molecule has 0 aliphatic carbocycles. The molecule has 0 saturated carbocycles. The summed E-state index contributed by atoms with van der Waals surface area (Å²) in [4.78, 5) is 13.8. The molecule has 0 bridgehead atoms. The molecule has 0 saturated heterocycles. The Hall–Kier alpha value is -1.51. The summed E-state index contributed by atoms with van der Waals surface area (Å²) in [7, 11) is 0. The predicted octanol–water partition coefficient (Wildman–Crippen LogP) is 2.81. The third-order valence-electron chi connectivity index (χ3n) is 2.66. The van der Waals surface area contributed by atoms with Crippen molar-refractivity contribution in [3.8, 4) is 0 Å². The standard InChI is InChI=1S/C14H22N2O/c1-3-5-14(17)16(10-4-2)11-12-6-8-13(15)9-7-12/h6-9H,3-5,10-11,15H2,1-2H3. The van der Waals surface area contributed by atoms with E-state index in [1.165, 1.54) is 0 Å². The van der Waals surface area contributed by atoms with Crippen molar-refractivity contribution < 1.29 is 4.79 Å². The third-order valence-corrected chi connectivity index (χ3v) is 2.66. The van der Waals surface area contributed by atoms with E-state index in [1.807, 2.05) is 36.1 Å². The van der Waals surface area contributed by atoms with Crippen LogP contribution in [0.2, 0.25) is 0 Å². The van der Waals surface area contributed by atoms with E-state index >= 15 is 0 Å². The van der Waals surface area contributed by atoms with Crippen LogP contribution in [-0.2, 0) is 11.3 Å². The summed E-state index contributed by atoms with van der Waals surface area (Å²) in [5.74, 6) is 0.242. The van der Waals surface area contributed by atoms with Gasteiger partial charge in [0.25, 0.3) is 0 Å². The first kappa shape index (κ1) is 13.6. The largest absolute Gasteiger partial charge is 0.399 e. The normalized spacial score (nSPS) is 10.2. The number of carbonyl (C=O) groups excluding carboxylic acids is 1. The molecule has 1 aromatic carbocycles. The van der Waals surface area contributed by atoms with Gasteiger partial charge < -0.3 is 10.6 Å². The van der Waals surface area contributed by atoms with Crippen molar-refractivity contribution in [2.24, 2.45) is 0 Å². The number of anilines is 1. The zero-order chi connectivity index (χ0) is 12.7. The zero-order valence-electron chi connectivity index (χ0n) is 10.8. The number of nitrogens with zero attached hydrogens (tertiary/aromatic N) is 1. The fourth-order valence-corrected chi connectivity index (χ4v) is 1.78. The van der Waals surface area contributed by atoms with E-state index in [4.69, 9.17) is 5.73 Å². The molecule has 3 nitrogen and oxygen atoms in total. The van der Waals surface area contributed by atoms with Gasteiger partial charge in [-0.1, -0.05) is 26.0 Å². The average Bonchev–Trinajstić information content (AvgIpc) is 2.31. The first-order valence-electron chi connectivity index (χ1n) is 6.29. The van der Waals surface area contributed by atoms with Crippen molar-refractivity contribution in [2.75, 3.05) is 12.3 Å². The molecular weight excluding hydrogens is 212 g/mol. The molecule has 17 heavy (non-hydrogen) atoms. The van der Waals surface area contributed by atoms with Crippen LogP contribution < -0.4 is 5.73 Å². The van der Waals surface area contributed by atoms with Gasteiger partial charge in [-0.2, -0.15) is 0 Å². The Morgan fingerprint density at radius 2 is 1.82 bits per heavy atom. The zero-order valence-corrected chi connectivity index (χ0v) is 10.8. The molecule has 0 aromatic heterocycles. The third kappa shape index (κ3) is 4.47. The highest BCUT2D eigenvalue weighted by Crippen LogP contribution is 2.10. The van der Waals surface area contributed by atoms with Crippen molar-refractivity contribution in [3.63, 3.8) is 0 Å². The molecule has 94 valence electrons. The van der Waals surface area contributed by atoms with Crippen LogP contribution >= 0.6 is 0 Å². The monoisotopic (exact) mass is 234 g/mol. The fraction of sp³-hybridized carbons (Fsp3) is 0.500. The number of carbonyl (C=O) groups is 1. The Balaban J connectivity index is 2.65. The summed E-state index contributed by atoms with van der Waals surface area (Å²) in [6.07, 6.45) is 2.53. The van der Waals surface area contributed by atoms with Crippen molar-refractivity contribution in [1.29, 1.82) is 0 Å². The molecule has 3 heteroatoms. The lowest BCUT2D eigenvalue weighted by Crippen LogP contribution is -2.30. The second kappa shape index (κ2) is 6.94. The molecule has 0 atom stereocenters. The van der Waals surface area contributed by atoms with Crippen LogP contribution in [0.25, 0.3) is 0 Å². The number of rotatable bonds is 6. The Morgan fingerprint density at radius 1 is 1.18 bits per heavy atom. The van der Waals surface area contributed by atoms with Gasteiger partial charge in [0.2, 0.25) is 5.91 Å². The van der Waals surface area contributed by atoms with Gasteiger partial charge in [-0.3, -0.25) is 4.79 Å². The predicted molar refractivity (Wildman–Crippen MR) is 71.5 cm³/mol. The topological polar surface area (TPSA) is 46.3 Å². The number of hydrogen-bond acceptors (Lipinski definition) is 2. The summed E-state index contributed by atoms with van der Waals surface area (Å²) in [6.45, 7) is 5.64. The van der Waals surface area contributed by atoms with Crippen LogP contribution in [0.3, 0.4) is 0 Å². The average molecular weight is 234 g/mol. The second-order valence-corrected chi connectivity index (χ2v) is 4.31. The molecule has 1 rings (SSSR count). The van der Waals surface area contributed by atoms with E-state index in [1.54, 1.807) is 0 Å². The van der Waals surface area contributed by atoms with Crippen LogP contribution in [0.15, 0.2) is 24.3 Å². The van der Waals surface area contributed by atoms with Gasteiger partial charge in [-0.05, 0) is 30.5 Å². The van der Waals surface area contributed by atoms with Crippen molar-refractivity contribution in [3.05, 3.63) is 29.8 Å². The number of amides is 1. The summed E-state index contributed by atoms with van der Waals surface area (Å²) >= 11 is 0. The first-order chi connectivity index (χ1) is 8.17. The highest BCUT2D eigenvalue weighted by atomic mass is 16.2. The Morgan fingerprint density at radius 3 is 2.35 bits per heavy atom. The molecule has 0 spiro atoms. The quantitative estimate of drug-likeness (QED) is 0.769. The Kier molecular flexibility index (Phi) is 5.53. The van der Waals surface area contributed by atoms with Gasteiger partial charge in [-0.25, -0.2) is 0 Å². The van der Waals surface area contributed by atoms with Gasteiger partial charge in [0.05, 0.1) is 0 Å². The van der Waals surface area contributed by atoms with E-state index in [-0.39, 0.29) is 5.91 Å². The van der Waals surface area contributed by atoms with Gasteiger partial charge in [0.1, 0.15) is 0 Å². The minimum atomic E-state index is 0.242. The summed E-state index contributed by atoms with van der Waals surface area (Å²) in [5, 5.41) is 0. The lowest BCUT2D eigenvalue weighted by atomic mass is 10.2. The van der Waals surface area contributed by atoms with E-state index in [2.05, 4.69) is 6.92 Å². The minimum absolute atomic E-state index is 0.242. The van der Waals surface area contributed by atoms with Crippen LogP contribution in [0, 0.1) is 0 Å². The summed E-state index contributed by atoms with van der Waals surface area (Å²) in [5.41, 5.74) is 7.54. The highest BCUT2D eigenvalue weighted by Gasteiger charge is 2.11. The maximum absolute atomic E-state index is 11.9. The molecule has 0 heterocycles. The molecule has 2 N–H and O–H groups in total. The van der Waals surface area contributed by atoms with Gasteiger partial charge in [0.15, 0.2) is 0 Å². The molecule has 0 radical (unpaired) electrons. The van der Waals surface area contributed by atoms with E-state index in [0.717, 1.165) is 30.6 Å². The highest BCUT2D eigenvalue weighted by molar-refractivity contribution is 5.76. The molecule has 0 unspecified atom stereocenters. The summed E-state index contributed by atoms with van der Waals surface area (Å²) < 4.78 is 0. The van der Waals surface area contributed by atoms with Crippen LogP contribution in [0.1, 0.15) is 38.7 Å². The van der Waals surface area contributed by atoms with Crippen LogP contribution in [0.5, 0.6) is 0 Å². The van der Waals surface area contributed by atoms with Crippen molar-refractivity contribution in [1.82, 2.24) is 4.90 Å². The van der Waals surface area contributed by atoms with Crippen LogP contribution in [0.4, 0.5) is 5.69 Å². The number of nitrogen functional groups attached to an aromatic ring is 1. The van der Waals surface area contributed by atoms with Crippen molar-refractivity contribution >= 4 is 11.6 Å². The molecular formula is C14H22N2O. The summed E-state index contributed by atoms with van der Waals surface area (Å²) in [6, 6.07) is 7.72. The van der Waals surface area contributed by atoms with Gasteiger partial charge in [-0.15, -0.1) is 0 Å². The number of benzene rings is 1. The Labute approximate surface area is 104 Å². The molecule has 0 aliphatic rings. The Bertz CT molecular complexity index is 346. The maximum Gasteiger partial charge on any atom is 0.222 e. The van der Waals surface area contributed by atoms with Gasteiger partial charge in [0, 0.05) is 25.2 Å². The van der Waals surface area contributed by atoms with Crippen LogP contribution in [-0.4, -0.2) is 17.4 Å². The van der Waals surface area contributed by atoms with Crippen molar-refractivity contribution in [2.45, 2.75) is 39.7 Å².